The summed E-state index contributed by atoms with van der Waals surface area (Å²) in [6.07, 6.45) is 7.41. The molecule has 4 nitrogen and oxygen atoms in total. The zero-order chi connectivity index (χ0) is 10.7. The maximum Gasteiger partial charge on any atom is 0.156 e. The third-order valence-corrected chi connectivity index (χ3v) is 2.56. The van der Waals surface area contributed by atoms with Crippen molar-refractivity contribution < 1.29 is 0 Å². The van der Waals surface area contributed by atoms with Crippen molar-refractivity contribution in [2.75, 3.05) is 0 Å². The molecule has 15 heavy (non-hydrogen) atoms. The molecule has 0 aliphatic rings. The van der Waals surface area contributed by atoms with Gasteiger partial charge in [0, 0.05) is 18.0 Å². The number of nitrogens with zero attached hydrogens (tertiary/aromatic N) is 4. The molecule has 2 aromatic rings. The van der Waals surface area contributed by atoms with Crippen LogP contribution in [0.25, 0.3) is 5.82 Å². The van der Waals surface area contributed by atoms with Crippen LogP contribution in [-0.4, -0.2) is 19.7 Å². The summed E-state index contributed by atoms with van der Waals surface area (Å²) in [5.74, 6) is 0.830. The number of hydrogen-bond donors (Lipinski definition) is 0. The first kappa shape index (κ1) is 10.5. The molecule has 0 aliphatic heterocycles. The highest BCUT2D eigenvalue weighted by Crippen LogP contribution is 2.08. The molecule has 0 aliphatic carbocycles. The molecule has 78 valence electrons. The quantitative estimate of drug-likeness (QED) is 0.816. The van der Waals surface area contributed by atoms with Crippen molar-refractivity contribution in [3.8, 4) is 5.82 Å². The van der Waals surface area contributed by atoms with E-state index in [-0.39, 0.29) is 0 Å². The maximum absolute atomic E-state index is 4.21. The van der Waals surface area contributed by atoms with E-state index in [0.717, 1.165) is 27.9 Å². The minimum Gasteiger partial charge on any atom is -0.241 e. The Morgan fingerprint density at radius 3 is 2.93 bits per heavy atom. The van der Waals surface area contributed by atoms with Crippen LogP contribution in [0, 0.1) is 3.57 Å². The highest BCUT2D eigenvalue weighted by Gasteiger charge is 2.01. The molecule has 0 radical (unpaired) electrons. The first-order valence-corrected chi connectivity index (χ1v) is 5.89. The number of halogens is 1. The van der Waals surface area contributed by atoms with Crippen molar-refractivity contribution >= 4 is 22.6 Å². The summed E-state index contributed by atoms with van der Waals surface area (Å²) >= 11 is 2.23. The molecular formula is C10H11IN4. The van der Waals surface area contributed by atoms with E-state index in [2.05, 4.69) is 44.6 Å². The average molecular weight is 314 g/mol. The summed E-state index contributed by atoms with van der Waals surface area (Å²) in [5, 5.41) is 4.21. The van der Waals surface area contributed by atoms with E-state index in [1.165, 1.54) is 0 Å². The van der Waals surface area contributed by atoms with Gasteiger partial charge in [0.2, 0.25) is 0 Å². The second-order valence-corrected chi connectivity index (χ2v) is 4.47. The van der Waals surface area contributed by atoms with E-state index in [4.69, 9.17) is 0 Å². The van der Waals surface area contributed by atoms with E-state index in [9.17, 15) is 0 Å². The van der Waals surface area contributed by atoms with E-state index in [1.54, 1.807) is 11.0 Å². The van der Waals surface area contributed by atoms with Crippen LogP contribution < -0.4 is 0 Å². The van der Waals surface area contributed by atoms with Gasteiger partial charge < -0.3 is 0 Å². The van der Waals surface area contributed by atoms with Gasteiger partial charge in [-0.25, -0.2) is 14.6 Å². The van der Waals surface area contributed by atoms with E-state index < -0.39 is 0 Å². The fraction of sp³-hybridized carbons (Fsp3) is 0.300. The molecule has 0 saturated carbocycles. The van der Waals surface area contributed by atoms with Gasteiger partial charge in [0.25, 0.3) is 0 Å². The Kier molecular flexibility index (Phi) is 3.30. The van der Waals surface area contributed by atoms with Crippen molar-refractivity contribution in [1.82, 2.24) is 19.7 Å². The van der Waals surface area contributed by atoms with Crippen molar-refractivity contribution in [1.29, 1.82) is 0 Å². The summed E-state index contributed by atoms with van der Waals surface area (Å²) < 4.78 is 2.87. The third-order valence-electron chi connectivity index (χ3n) is 2.00. The van der Waals surface area contributed by atoms with Crippen LogP contribution in [0.3, 0.4) is 0 Å². The van der Waals surface area contributed by atoms with Gasteiger partial charge in [-0.15, -0.1) is 0 Å². The third kappa shape index (κ3) is 2.53. The van der Waals surface area contributed by atoms with Crippen LogP contribution in [0.4, 0.5) is 0 Å². The van der Waals surface area contributed by atoms with E-state index in [0.29, 0.717) is 0 Å². The van der Waals surface area contributed by atoms with Crippen molar-refractivity contribution in [2.24, 2.45) is 0 Å². The number of aryl methyl sites for hydroxylation is 1. The van der Waals surface area contributed by atoms with Gasteiger partial charge in [0.05, 0.1) is 9.77 Å². The molecule has 0 spiro atoms. The molecule has 0 amide bonds. The van der Waals surface area contributed by atoms with Crippen LogP contribution in [0.1, 0.15) is 19.0 Å². The molecule has 2 aromatic heterocycles. The average Bonchev–Trinajstić information content (AvgIpc) is 2.66. The van der Waals surface area contributed by atoms with Gasteiger partial charge in [-0.05, 0) is 29.0 Å². The zero-order valence-corrected chi connectivity index (χ0v) is 10.5. The van der Waals surface area contributed by atoms with Crippen LogP contribution >= 0.6 is 22.6 Å². The van der Waals surface area contributed by atoms with Crippen LogP contribution in [-0.2, 0) is 6.42 Å². The Morgan fingerprint density at radius 1 is 1.40 bits per heavy atom. The SMILES string of the molecule is CCCc1cc(-n2cc(I)cn2)ncn1. The smallest absolute Gasteiger partial charge is 0.156 e. The molecule has 0 fully saturated rings. The number of hydrogen-bond acceptors (Lipinski definition) is 3. The highest BCUT2D eigenvalue weighted by molar-refractivity contribution is 14.1. The summed E-state index contributed by atoms with van der Waals surface area (Å²) in [4.78, 5) is 8.40. The molecule has 0 aromatic carbocycles. The number of rotatable bonds is 3. The molecule has 0 bridgehead atoms. The van der Waals surface area contributed by atoms with Gasteiger partial charge in [0.1, 0.15) is 6.33 Å². The molecular weight excluding hydrogens is 303 g/mol. The summed E-state index contributed by atoms with van der Waals surface area (Å²) in [5.41, 5.74) is 1.06. The fourth-order valence-electron chi connectivity index (χ4n) is 1.33. The Balaban J connectivity index is 2.32. The number of aromatic nitrogens is 4. The summed E-state index contributed by atoms with van der Waals surface area (Å²) in [6.45, 7) is 2.14. The predicted molar refractivity (Wildman–Crippen MR) is 65.9 cm³/mol. The van der Waals surface area contributed by atoms with Crippen LogP contribution in [0.2, 0.25) is 0 Å². The molecule has 0 atom stereocenters. The van der Waals surface area contributed by atoms with Gasteiger partial charge in [0.15, 0.2) is 5.82 Å². The lowest BCUT2D eigenvalue weighted by atomic mass is 10.2. The monoisotopic (exact) mass is 314 g/mol. The fourth-order valence-corrected chi connectivity index (χ4v) is 1.72. The molecule has 0 N–H and O–H groups in total. The first-order chi connectivity index (χ1) is 7.29. The Morgan fingerprint density at radius 2 is 2.27 bits per heavy atom. The van der Waals surface area contributed by atoms with E-state index in [1.807, 2.05) is 18.5 Å². The van der Waals surface area contributed by atoms with Gasteiger partial charge in [-0.3, -0.25) is 0 Å². The second kappa shape index (κ2) is 4.69. The Hall–Kier alpha value is -0.980. The highest BCUT2D eigenvalue weighted by atomic mass is 127. The van der Waals surface area contributed by atoms with E-state index >= 15 is 0 Å². The molecule has 0 unspecified atom stereocenters. The lowest BCUT2D eigenvalue weighted by Crippen LogP contribution is -2.00. The summed E-state index contributed by atoms with van der Waals surface area (Å²) in [7, 11) is 0. The lowest BCUT2D eigenvalue weighted by molar-refractivity contribution is 0.813. The van der Waals surface area contributed by atoms with Crippen molar-refractivity contribution in [3.05, 3.63) is 34.1 Å². The zero-order valence-electron chi connectivity index (χ0n) is 8.39. The van der Waals surface area contributed by atoms with Crippen molar-refractivity contribution in [2.45, 2.75) is 19.8 Å². The molecule has 5 heteroatoms. The Bertz CT molecular complexity index is 452. The Labute approximate surface area is 102 Å². The largest absolute Gasteiger partial charge is 0.241 e. The van der Waals surface area contributed by atoms with Crippen molar-refractivity contribution in [3.63, 3.8) is 0 Å². The molecule has 0 saturated heterocycles. The molecule has 2 rings (SSSR count). The normalized spacial score (nSPS) is 10.5. The first-order valence-electron chi connectivity index (χ1n) is 4.81. The van der Waals surface area contributed by atoms with Gasteiger partial charge in [-0.2, -0.15) is 5.10 Å². The molecule has 2 heterocycles. The summed E-state index contributed by atoms with van der Waals surface area (Å²) in [6, 6.07) is 1.98. The predicted octanol–water partition coefficient (Wildman–Crippen LogP) is 2.22. The van der Waals surface area contributed by atoms with Crippen LogP contribution in [0.15, 0.2) is 24.8 Å². The van der Waals surface area contributed by atoms with Crippen LogP contribution in [0.5, 0.6) is 0 Å². The second-order valence-electron chi connectivity index (χ2n) is 3.22. The van der Waals surface area contributed by atoms with Gasteiger partial charge in [-0.1, -0.05) is 13.3 Å². The maximum atomic E-state index is 4.21. The standard InChI is InChI=1S/C10H11IN4/c1-2-3-9-4-10(13-7-12-9)15-6-8(11)5-14-15/h4-7H,2-3H2,1H3. The lowest BCUT2D eigenvalue weighted by Gasteiger charge is -2.01. The minimum atomic E-state index is 0.830. The minimum absolute atomic E-state index is 0.830. The topological polar surface area (TPSA) is 43.6 Å². The van der Waals surface area contributed by atoms with Gasteiger partial charge >= 0.3 is 0 Å².